The Balaban J connectivity index is 1.77. The number of furan rings is 1. The lowest BCUT2D eigenvalue weighted by atomic mass is 10.1. The molecule has 0 radical (unpaired) electrons. The van der Waals surface area contributed by atoms with Crippen molar-refractivity contribution in [1.29, 1.82) is 0 Å². The highest BCUT2D eigenvalue weighted by molar-refractivity contribution is 5.91. The van der Waals surface area contributed by atoms with Crippen LogP contribution in [-0.4, -0.2) is 30.0 Å². The van der Waals surface area contributed by atoms with Gasteiger partial charge in [-0.3, -0.25) is 14.9 Å². The van der Waals surface area contributed by atoms with Crippen molar-refractivity contribution >= 4 is 11.8 Å². The first-order valence-electron chi connectivity index (χ1n) is 5.92. The summed E-state index contributed by atoms with van der Waals surface area (Å²) in [5, 5.41) is 16.4. The number of carbonyl (C=O) groups excluding carboxylic acids is 1. The molecule has 0 aliphatic carbocycles. The number of hydrogen-bond acceptors (Lipinski definition) is 5. The highest BCUT2D eigenvalue weighted by atomic mass is 16.6. The van der Waals surface area contributed by atoms with Crippen LogP contribution in [0.15, 0.2) is 16.5 Å². The van der Waals surface area contributed by atoms with Crippen LogP contribution in [0.5, 0.6) is 0 Å². The van der Waals surface area contributed by atoms with Gasteiger partial charge in [-0.2, -0.15) is 0 Å². The molecule has 18 heavy (non-hydrogen) atoms. The minimum Gasteiger partial charge on any atom is -0.395 e. The predicted octanol–water partition coefficient (Wildman–Crippen LogP) is 1.06. The number of nitrogens with one attached hydrogen (secondary N) is 2. The molecule has 1 aliphatic rings. The Morgan fingerprint density at radius 1 is 1.61 bits per heavy atom. The molecule has 1 saturated heterocycles. The molecule has 0 bridgehead atoms. The van der Waals surface area contributed by atoms with Crippen LogP contribution in [0.2, 0.25) is 0 Å². The Labute approximate surface area is 104 Å². The fraction of sp³-hybridized carbons (Fsp3) is 0.545. The van der Waals surface area contributed by atoms with Gasteiger partial charge in [0, 0.05) is 12.6 Å². The molecule has 98 valence electrons. The first-order valence-corrected chi connectivity index (χ1v) is 5.92. The summed E-state index contributed by atoms with van der Waals surface area (Å²) >= 11 is 0. The Bertz CT molecular complexity index is 437. The second-order valence-electron chi connectivity index (χ2n) is 4.23. The van der Waals surface area contributed by atoms with Crippen molar-refractivity contribution in [3.8, 4) is 0 Å². The maximum atomic E-state index is 11.6. The monoisotopic (exact) mass is 253 g/mol. The third-order valence-corrected chi connectivity index (χ3v) is 2.94. The van der Waals surface area contributed by atoms with Crippen molar-refractivity contribution in [2.45, 2.75) is 25.3 Å². The molecule has 7 nitrogen and oxygen atoms in total. The molecule has 1 aromatic rings. The van der Waals surface area contributed by atoms with Gasteiger partial charge in [0.1, 0.15) is 4.92 Å². The molecule has 1 amide bonds. The molecule has 7 heteroatoms. The van der Waals surface area contributed by atoms with Crippen molar-refractivity contribution in [3.63, 3.8) is 0 Å². The highest BCUT2D eigenvalue weighted by Gasteiger charge is 2.18. The van der Waals surface area contributed by atoms with Crippen molar-refractivity contribution < 1.29 is 14.1 Å². The topological polar surface area (TPSA) is 97.4 Å². The summed E-state index contributed by atoms with van der Waals surface area (Å²) in [6.45, 7) is 1.56. The molecular weight excluding hydrogens is 238 g/mol. The van der Waals surface area contributed by atoms with Gasteiger partial charge < -0.3 is 15.1 Å². The maximum absolute atomic E-state index is 11.6. The fourth-order valence-corrected chi connectivity index (χ4v) is 2.00. The van der Waals surface area contributed by atoms with E-state index in [1.807, 2.05) is 0 Å². The van der Waals surface area contributed by atoms with Crippen LogP contribution >= 0.6 is 0 Å². The average Bonchev–Trinajstić information content (AvgIpc) is 2.99. The van der Waals surface area contributed by atoms with Crippen LogP contribution < -0.4 is 10.6 Å². The van der Waals surface area contributed by atoms with E-state index in [9.17, 15) is 14.9 Å². The zero-order chi connectivity index (χ0) is 13.0. The molecule has 2 N–H and O–H groups in total. The summed E-state index contributed by atoms with van der Waals surface area (Å²) in [4.78, 5) is 21.3. The Morgan fingerprint density at radius 2 is 2.44 bits per heavy atom. The van der Waals surface area contributed by atoms with Crippen LogP contribution in [0.1, 0.15) is 29.8 Å². The Morgan fingerprint density at radius 3 is 3.06 bits per heavy atom. The van der Waals surface area contributed by atoms with Crippen molar-refractivity contribution in [2.24, 2.45) is 0 Å². The van der Waals surface area contributed by atoms with Crippen molar-refractivity contribution in [2.75, 3.05) is 13.1 Å². The lowest BCUT2D eigenvalue weighted by Crippen LogP contribution is -2.30. The quantitative estimate of drug-likeness (QED) is 0.604. The number of amides is 1. The molecule has 2 rings (SSSR count). The van der Waals surface area contributed by atoms with Crippen LogP contribution in [-0.2, 0) is 0 Å². The van der Waals surface area contributed by atoms with E-state index < -0.39 is 16.7 Å². The molecule has 0 saturated carbocycles. The van der Waals surface area contributed by atoms with E-state index in [0.29, 0.717) is 12.6 Å². The second-order valence-corrected chi connectivity index (χ2v) is 4.23. The standard InChI is InChI=1S/C11H15N3O4/c15-11(9-3-4-10(18-9)14(16)17)13-7-5-8-2-1-6-12-8/h3-4,8,12H,1-2,5-7H2,(H,13,15)/t8-/m1/s1. The zero-order valence-electron chi connectivity index (χ0n) is 9.85. The number of carbonyl (C=O) groups is 1. The summed E-state index contributed by atoms with van der Waals surface area (Å²) in [6, 6.07) is 2.94. The smallest absolute Gasteiger partial charge is 0.395 e. The van der Waals surface area contributed by atoms with E-state index in [1.165, 1.54) is 18.6 Å². The number of nitro groups is 1. The highest BCUT2D eigenvalue weighted by Crippen LogP contribution is 2.15. The largest absolute Gasteiger partial charge is 0.433 e. The lowest BCUT2D eigenvalue weighted by Gasteiger charge is -2.09. The first-order chi connectivity index (χ1) is 8.66. The average molecular weight is 253 g/mol. The van der Waals surface area contributed by atoms with E-state index >= 15 is 0 Å². The number of nitrogens with zero attached hydrogens (tertiary/aromatic N) is 1. The van der Waals surface area contributed by atoms with Crippen LogP contribution in [0, 0.1) is 10.1 Å². The first kappa shape index (κ1) is 12.6. The van der Waals surface area contributed by atoms with Crippen LogP contribution in [0.4, 0.5) is 5.88 Å². The van der Waals surface area contributed by atoms with Gasteiger partial charge >= 0.3 is 5.88 Å². The van der Waals surface area contributed by atoms with E-state index in [4.69, 9.17) is 4.42 Å². The lowest BCUT2D eigenvalue weighted by molar-refractivity contribution is -0.402. The Hall–Kier alpha value is -1.89. The molecule has 0 spiro atoms. The molecule has 1 aromatic heterocycles. The van der Waals surface area contributed by atoms with E-state index in [1.54, 1.807) is 0 Å². The minimum atomic E-state index is -0.667. The van der Waals surface area contributed by atoms with Gasteiger partial charge in [0.2, 0.25) is 0 Å². The SMILES string of the molecule is O=C(NCC[C@H]1CCCN1)c1ccc([N+](=O)[O-])o1. The van der Waals surface area contributed by atoms with E-state index in [-0.39, 0.29) is 5.76 Å². The van der Waals surface area contributed by atoms with Crippen LogP contribution in [0.3, 0.4) is 0 Å². The van der Waals surface area contributed by atoms with Gasteiger partial charge in [-0.05, 0) is 31.9 Å². The van der Waals surface area contributed by atoms with E-state index in [2.05, 4.69) is 10.6 Å². The van der Waals surface area contributed by atoms with Gasteiger partial charge in [0.25, 0.3) is 5.91 Å². The molecular formula is C11H15N3O4. The molecule has 1 fully saturated rings. The van der Waals surface area contributed by atoms with Gasteiger partial charge in [0.15, 0.2) is 5.76 Å². The molecule has 0 unspecified atom stereocenters. The maximum Gasteiger partial charge on any atom is 0.433 e. The zero-order valence-corrected chi connectivity index (χ0v) is 9.85. The minimum absolute atomic E-state index is 0.0268. The second kappa shape index (κ2) is 5.63. The van der Waals surface area contributed by atoms with Crippen molar-refractivity contribution in [1.82, 2.24) is 10.6 Å². The van der Waals surface area contributed by atoms with Gasteiger partial charge in [-0.15, -0.1) is 0 Å². The third-order valence-electron chi connectivity index (χ3n) is 2.94. The summed E-state index contributed by atoms with van der Waals surface area (Å²) in [6.07, 6.45) is 3.15. The molecule has 2 heterocycles. The number of rotatable bonds is 5. The van der Waals surface area contributed by atoms with Gasteiger partial charge in [-0.25, -0.2) is 0 Å². The van der Waals surface area contributed by atoms with Crippen LogP contribution in [0.25, 0.3) is 0 Å². The van der Waals surface area contributed by atoms with E-state index in [0.717, 1.165) is 19.4 Å². The normalized spacial score (nSPS) is 18.8. The summed E-state index contributed by atoms with van der Waals surface area (Å²) in [5.74, 6) is -0.861. The van der Waals surface area contributed by atoms with Gasteiger partial charge in [0.05, 0.1) is 6.07 Å². The summed E-state index contributed by atoms with van der Waals surface area (Å²) in [5.41, 5.74) is 0. The molecule has 0 aromatic carbocycles. The van der Waals surface area contributed by atoms with Crippen molar-refractivity contribution in [3.05, 3.63) is 28.0 Å². The third kappa shape index (κ3) is 3.07. The molecule has 1 atom stereocenters. The number of hydrogen-bond donors (Lipinski definition) is 2. The summed E-state index contributed by atoms with van der Waals surface area (Å²) < 4.78 is 4.80. The molecule has 1 aliphatic heterocycles. The fourth-order valence-electron chi connectivity index (χ4n) is 2.00. The predicted molar refractivity (Wildman–Crippen MR) is 63.3 cm³/mol. The van der Waals surface area contributed by atoms with Gasteiger partial charge in [-0.1, -0.05) is 0 Å². The Kier molecular flexibility index (Phi) is 3.93. The summed E-state index contributed by atoms with van der Waals surface area (Å²) in [7, 11) is 0.